The molecule has 1 aliphatic heterocycles. The van der Waals surface area contributed by atoms with E-state index in [2.05, 4.69) is 24.3 Å². The molecule has 0 saturated heterocycles. The minimum Gasteiger partial charge on any atom is -0.486 e. The Hall–Kier alpha value is -2.03. The van der Waals surface area contributed by atoms with Gasteiger partial charge < -0.3 is 4.74 Å². The van der Waals surface area contributed by atoms with E-state index in [-0.39, 0.29) is 11.4 Å². The smallest absolute Gasteiger partial charge is 0.170 e. The predicted molar refractivity (Wildman–Crippen MR) is 82.6 cm³/mol. The second kappa shape index (κ2) is 4.49. The number of Topliss-reactive ketones (excluding diaryl/α,β-unsaturated/α-hetero) is 1. The summed E-state index contributed by atoms with van der Waals surface area (Å²) in [6, 6.07) is 13.8. The van der Waals surface area contributed by atoms with E-state index >= 15 is 0 Å². The summed E-state index contributed by atoms with van der Waals surface area (Å²) >= 11 is 0. The third-order valence-electron chi connectivity index (χ3n) is 4.59. The number of hydrogen-bond acceptors (Lipinski definition) is 2. The molecule has 0 aromatic heterocycles. The normalized spacial score (nSPS) is 23.3. The molecule has 2 aliphatic rings. The van der Waals surface area contributed by atoms with Gasteiger partial charge in [-0.3, -0.25) is 4.79 Å². The molecule has 3 heteroatoms. The Morgan fingerprint density at radius 1 is 1.05 bits per heavy atom. The Kier molecular flexibility index (Phi) is 2.71. The van der Waals surface area contributed by atoms with Crippen LogP contribution >= 0.6 is 0 Å². The molecule has 1 heterocycles. The molecular weight excluding hydrogens is 259 g/mol. The van der Waals surface area contributed by atoms with Crippen molar-refractivity contribution < 1.29 is 9.53 Å². The van der Waals surface area contributed by atoms with Gasteiger partial charge in [0.2, 0.25) is 0 Å². The van der Waals surface area contributed by atoms with Crippen molar-refractivity contribution >= 4 is 19.1 Å². The summed E-state index contributed by atoms with van der Waals surface area (Å²) in [7, 11) is 5.77. The number of ether oxygens (including phenoxy) is 1. The standard InChI is InChI=1S/C18H15BO2/c19-14-5-6-17-15(9-14)16(20)11-18(21-17)8-7-12-3-1-2-4-13(12)10-18/h1-6,9H,7-8,10-11H2. The monoisotopic (exact) mass is 274 g/mol. The summed E-state index contributed by atoms with van der Waals surface area (Å²) in [5.74, 6) is 0.822. The second-order valence-electron chi connectivity index (χ2n) is 6.09. The summed E-state index contributed by atoms with van der Waals surface area (Å²) in [6.07, 6.45) is 3.10. The molecule has 0 N–H and O–H groups in total. The zero-order valence-corrected chi connectivity index (χ0v) is 11.8. The average molecular weight is 274 g/mol. The lowest BCUT2D eigenvalue weighted by Crippen LogP contribution is -2.46. The summed E-state index contributed by atoms with van der Waals surface area (Å²) in [4.78, 5) is 12.5. The number of ketones is 1. The molecular formula is C18H15BO2. The minimum atomic E-state index is -0.380. The summed E-state index contributed by atoms with van der Waals surface area (Å²) in [5.41, 5.74) is 3.53. The SMILES string of the molecule is [B]c1ccc2c(c1)C(=O)CC1(CCc3ccccc3C1)O2. The lowest BCUT2D eigenvalue weighted by Gasteiger charge is -2.41. The molecule has 1 spiro atoms. The Labute approximate surface area is 125 Å². The third-order valence-corrected chi connectivity index (χ3v) is 4.59. The van der Waals surface area contributed by atoms with Gasteiger partial charge in [-0.25, -0.2) is 0 Å². The van der Waals surface area contributed by atoms with Crippen molar-refractivity contribution in [2.75, 3.05) is 0 Å². The number of benzene rings is 2. The van der Waals surface area contributed by atoms with Crippen LogP contribution in [0.15, 0.2) is 42.5 Å². The molecule has 2 radical (unpaired) electrons. The average Bonchev–Trinajstić information content (AvgIpc) is 2.48. The van der Waals surface area contributed by atoms with Gasteiger partial charge >= 0.3 is 0 Å². The highest BCUT2D eigenvalue weighted by molar-refractivity contribution is 6.32. The quantitative estimate of drug-likeness (QED) is 0.689. The van der Waals surface area contributed by atoms with Crippen molar-refractivity contribution in [1.29, 1.82) is 0 Å². The van der Waals surface area contributed by atoms with Crippen LogP contribution in [-0.4, -0.2) is 19.2 Å². The van der Waals surface area contributed by atoms with Crippen LogP contribution in [0, 0.1) is 0 Å². The Morgan fingerprint density at radius 3 is 2.71 bits per heavy atom. The highest BCUT2D eigenvalue weighted by Gasteiger charge is 2.42. The second-order valence-corrected chi connectivity index (χ2v) is 6.09. The molecule has 1 aliphatic carbocycles. The molecule has 2 aromatic rings. The van der Waals surface area contributed by atoms with Crippen LogP contribution in [0.3, 0.4) is 0 Å². The Balaban J connectivity index is 1.72. The first-order valence-electron chi connectivity index (χ1n) is 7.34. The molecule has 0 saturated carbocycles. The van der Waals surface area contributed by atoms with Gasteiger partial charge in [0.1, 0.15) is 19.2 Å². The van der Waals surface area contributed by atoms with Crippen molar-refractivity contribution in [1.82, 2.24) is 0 Å². The summed E-state index contributed by atoms with van der Waals surface area (Å²) in [6.45, 7) is 0. The Morgan fingerprint density at radius 2 is 1.86 bits per heavy atom. The van der Waals surface area contributed by atoms with Crippen molar-refractivity contribution in [3.63, 3.8) is 0 Å². The molecule has 2 nitrogen and oxygen atoms in total. The maximum absolute atomic E-state index is 12.5. The van der Waals surface area contributed by atoms with E-state index in [4.69, 9.17) is 12.6 Å². The molecule has 0 bridgehead atoms. The minimum absolute atomic E-state index is 0.142. The van der Waals surface area contributed by atoms with Crippen molar-refractivity contribution in [3.8, 4) is 5.75 Å². The van der Waals surface area contributed by atoms with E-state index in [1.807, 2.05) is 6.07 Å². The third kappa shape index (κ3) is 2.08. The van der Waals surface area contributed by atoms with Gasteiger partial charge in [0, 0.05) is 6.42 Å². The van der Waals surface area contributed by atoms with Crippen LogP contribution in [0.2, 0.25) is 0 Å². The lowest BCUT2D eigenvalue weighted by molar-refractivity contribution is 0.0308. The van der Waals surface area contributed by atoms with E-state index < -0.39 is 0 Å². The lowest BCUT2D eigenvalue weighted by atomic mass is 9.75. The van der Waals surface area contributed by atoms with Gasteiger partial charge in [-0.1, -0.05) is 41.9 Å². The van der Waals surface area contributed by atoms with Crippen molar-refractivity contribution in [2.24, 2.45) is 0 Å². The van der Waals surface area contributed by atoms with E-state index in [1.165, 1.54) is 11.1 Å². The fraction of sp³-hybridized carbons (Fsp3) is 0.278. The zero-order chi connectivity index (χ0) is 14.4. The molecule has 2 aromatic carbocycles. The largest absolute Gasteiger partial charge is 0.486 e. The van der Waals surface area contributed by atoms with Crippen LogP contribution in [-0.2, 0) is 12.8 Å². The molecule has 1 atom stereocenters. The number of fused-ring (bicyclic) bond motifs is 2. The number of rotatable bonds is 0. The number of aryl methyl sites for hydroxylation is 1. The van der Waals surface area contributed by atoms with Crippen molar-refractivity contribution in [3.05, 3.63) is 59.2 Å². The van der Waals surface area contributed by atoms with Gasteiger partial charge in [-0.05, 0) is 30.0 Å². The maximum Gasteiger partial charge on any atom is 0.170 e. The van der Waals surface area contributed by atoms with E-state index in [0.717, 1.165) is 19.3 Å². The van der Waals surface area contributed by atoms with Gasteiger partial charge in [0.15, 0.2) is 5.78 Å². The predicted octanol–water partition coefficient (Wildman–Crippen LogP) is 2.37. The fourth-order valence-electron chi connectivity index (χ4n) is 3.52. The van der Waals surface area contributed by atoms with Gasteiger partial charge in [-0.15, -0.1) is 0 Å². The molecule has 4 rings (SSSR count). The van der Waals surface area contributed by atoms with Crippen LogP contribution in [0.1, 0.15) is 34.3 Å². The van der Waals surface area contributed by atoms with Crippen LogP contribution < -0.4 is 10.2 Å². The summed E-state index contributed by atoms with van der Waals surface area (Å²) < 4.78 is 6.27. The topological polar surface area (TPSA) is 26.3 Å². The molecule has 0 fully saturated rings. The van der Waals surface area contributed by atoms with Gasteiger partial charge in [0.05, 0.1) is 12.0 Å². The number of carbonyl (C=O) groups is 1. The van der Waals surface area contributed by atoms with Gasteiger partial charge in [0.25, 0.3) is 0 Å². The zero-order valence-electron chi connectivity index (χ0n) is 11.8. The molecule has 0 amide bonds. The summed E-state index contributed by atoms with van der Waals surface area (Å²) in [5, 5.41) is 0. The van der Waals surface area contributed by atoms with Crippen LogP contribution in [0.4, 0.5) is 0 Å². The highest BCUT2D eigenvalue weighted by Crippen LogP contribution is 2.40. The highest BCUT2D eigenvalue weighted by atomic mass is 16.5. The van der Waals surface area contributed by atoms with E-state index in [9.17, 15) is 4.79 Å². The number of carbonyl (C=O) groups excluding carboxylic acids is 1. The fourth-order valence-corrected chi connectivity index (χ4v) is 3.52. The molecule has 21 heavy (non-hydrogen) atoms. The Bertz CT molecular complexity index is 738. The maximum atomic E-state index is 12.5. The van der Waals surface area contributed by atoms with E-state index in [0.29, 0.717) is 23.2 Å². The van der Waals surface area contributed by atoms with Crippen LogP contribution in [0.5, 0.6) is 5.75 Å². The molecule has 1 unspecified atom stereocenters. The first-order chi connectivity index (χ1) is 10.2. The first-order valence-corrected chi connectivity index (χ1v) is 7.34. The number of hydrogen-bond donors (Lipinski definition) is 0. The van der Waals surface area contributed by atoms with Crippen LogP contribution in [0.25, 0.3) is 0 Å². The van der Waals surface area contributed by atoms with Crippen molar-refractivity contribution in [2.45, 2.75) is 31.3 Å². The van der Waals surface area contributed by atoms with Gasteiger partial charge in [-0.2, -0.15) is 0 Å². The first kappa shape index (κ1) is 12.7. The van der Waals surface area contributed by atoms with E-state index in [1.54, 1.807) is 12.1 Å². The molecule has 102 valence electrons.